The van der Waals surface area contributed by atoms with Crippen LogP contribution in [0.2, 0.25) is 0 Å². The van der Waals surface area contributed by atoms with Gasteiger partial charge in [-0.05, 0) is 31.4 Å². The van der Waals surface area contributed by atoms with Crippen LogP contribution in [0.3, 0.4) is 0 Å². The number of ether oxygens (including phenoxy) is 1. The van der Waals surface area contributed by atoms with Crippen LogP contribution in [0.15, 0.2) is 16.7 Å². The van der Waals surface area contributed by atoms with Crippen molar-refractivity contribution < 1.29 is 13.9 Å². The van der Waals surface area contributed by atoms with E-state index in [1.54, 1.807) is 6.26 Å². The fraction of sp³-hybridized carbons (Fsp3) is 0.643. The second kappa shape index (κ2) is 7.93. The summed E-state index contributed by atoms with van der Waals surface area (Å²) >= 11 is 0. The molecule has 0 N–H and O–H groups in total. The van der Waals surface area contributed by atoms with E-state index in [-0.39, 0.29) is 12.4 Å². The molecule has 17 heavy (non-hydrogen) atoms. The zero-order valence-corrected chi connectivity index (χ0v) is 10.8. The van der Waals surface area contributed by atoms with Gasteiger partial charge in [0.2, 0.25) is 0 Å². The molecule has 0 unspecified atom stereocenters. The van der Waals surface area contributed by atoms with Gasteiger partial charge in [-0.3, -0.25) is 4.79 Å². The van der Waals surface area contributed by atoms with E-state index in [1.807, 2.05) is 13.0 Å². The third-order valence-electron chi connectivity index (χ3n) is 2.75. The Balaban J connectivity index is 2.39. The number of esters is 1. The molecule has 0 radical (unpaired) electrons. The maximum atomic E-state index is 11.4. The lowest BCUT2D eigenvalue weighted by molar-refractivity contribution is -0.142. The van der Waals surface area contributed by atoms with Crippen molar-refractivity contribution in [2.45, 2.75) is 52.4 Å². The van der Waals surface area contributed by atoms with Crippen LogP contribution in [-0.2, 0) is 22.4 Å². The Hall–Kier alpha value is -1.25. The van der Waals surface area contributed by atoms with Crippen molar-refractivity contribution in [2.24, 2.45) is 0 Å². The van der Waals surface area contributed by atoms with E-state index in [1.165, 1.54) is 19.3 Å². The molecule has 0 aromatic carbocycles. The van der Waals surface area contributed by atoms with Crippen LogP contribution in [0.1, 0.15) is 50.9 Å². The van der Waals surface area contributed by atoms with E-state index in [0.717, 1.165) is 24.2 Å². The molecular formula is C14H22O3. The Morgan fingerprint density at radius 1 is 1.29 bits per heavy atom. The summed E-state index contributed by atoms with van der Waals surface area (Å²) in [7, 11) is 0. The summed E-state index contributed by atoms with van der Waals surface area (Å²) in [6.45, 7) is 4.43. The predicted octanol–water partition coefficient (Wildman–Crippen LogP) is 3.51. The Morgan fingerprint density at radius 2 is 2.12 bits per heavy atom. The standard InChI is InChI=1S/C14H22O3/c1-3-5-6-7-8-12-9-10-17-13(12)11-14(15)16-4-2/h9-10H,3-8,11H2,1-2H3. The topological polar surface area (TPSA) is 39.4 Å². The fourth-order valence-corrected chi connectivity index (χ4v) is 1.83. The molecular weight excluding hydrogens is 216 g/mol. The van der Waals surface area contributed by atoms with E-state index in [2.05, 4.69) is 6.92 Å². The first-order valence-corrected chi connectivity index (χ1v) is 6.48. The molecule has 1 aromatic rings. The van der Waals surface area contributed by atoms with Gasteiger partial charge in [0.15, 0.2) is 0 Å². The number of aryl methyl sites for hydroxylation is 1. The van der Waals surface area contributed by atoms with E-state index >= 15 is 0 Å². The summed E-state index contributed by atoms with van der Waals surface area (Å²) in [6, 6.07) is 1.96. The van der Waals surface area contributed by atoms with Crippen LogP contribution in [-0.4, -0.2) is 12.6 Å². The number of hydrogen-bond donors (Lipinski definition) is 0. The zero-order chi connectivity index (χ0) is 12.5. The summed E-state index contributed by atoms with van der Waals surface area (Å²) < 4.78 is 10.3. The largest absolute Gasteiger partial charge is 0.468 e. The minimum absolute atomic E-state index is 0.211. The van der Waals surface area contributed by atoms with Gasteiger partial charge in [-0.2, -0.15) is 0 Å². The molecule has 0 saturated heterocycles. The van der Waals surface area contributed by atoms with E-state index in [4.69, 9.17) is 9.15 Å². The van der Waals surface area contributed by atoms with Gasteiger partial charge in [0, 0.05) is 0 Å². The normalized spacial score (nSPS) is 10.5. The van der Waals surface area contributed by atoms with E-state index in [0.29, 0.717) is 6.61 Å². The highest BCUT2D eigenvalue weighted by atomic mass is 16.5. The Kier molecular flexibility index (Phi) is 6.45. The fourth-order valence-electron chi connectivity index (χ4n) is 1.83. The summed E-state index contributed by atoms with van der Waals surface area (Å²) in [5.74, 6) is 0.553. The second-order valence-corrected chi connectivity index (χ2v) is 4.16. The highest BCUT2D eigenvalue weighted by molar-refractivity contribution is 5.72. The molecule has 3 heteroatoms. The average Bonchev–Trinajstić information content (AvgIpc) is 2.72. The van der Waals surface area contributed by atoms with Crippen molar-refractivity contribution in [3.05, 3.63) is 23.7 Å². The lowest BCUT2D eigenvalue weighted by Crippen LogP contribution is -2.08. The number of carbonyl (C=O) groups excluding carboxylic acids is 1. The minimum atomic E-state index is -0.211. The highest BCUT2D eigenvalue weighted by Crippen LogP contribution is 2.15. The molecule has 0 atom stereocenters. The van der Waals surface area contributed by atoms with Gasteiger partial charge in [0.05, 0.1) is 12.9 Å². The van der Waals surface area contributed by atoms with Crippen molar-refractivity contribution >= 4 is 5.97 Å². The van der Waals surface area contributed by atoms with Gasteiger partial charge in [-0.1, -0.05) is 26.2 Å². The molecule has 0 aliphatic heterocycles. The summed E-state index contributed by atoms with van der Waals surface area (Å²) in [6.07, 6.45) is 7.80. The molecule has 0 aliphatic rings. The summed E-state index contributed by atoms with van der Waals surface area (Å²) in [4.78, 5) is 11.4. The predicted molar refractivity (Wildman–Crippen MR) is 66.9 cm³/mol. The number of furan rings is 1. The van der Waals surface area contributed by atoms with Crippen LogP contribution in [0.4, 0.5) is 0 Å². The van der Waals surface area contributed by atoms with Crippen molar-refractivity contribution in [2.75, 3.05) is 6.61 Å². The smallest absolute Gasteiger partial charge is 0.313 e. The quantitative estimate of drug-likeness (QED) is 0.514. The maximum absolute atomic E-state index is 11.4. The molecule has 1 aromatic heterocycles. The lowest BCUT2D eigenvalue weighted by Gasteiger charge is -2.03. The third-order valence-corrected chi connectivity index (χ3v) is 2.75. The third kappa shape index (κ3) is 5.07. The number of unbranched alkanes of at least 4 members (excludes halogenated alkanes) is 3. The van der Waals surface area contributed by atoms with Crippen LogP contribution in [0.25, 0.3) is 0 Å². The van der Waals surface area contributed by atoms with Gasteiger partial charge in [-0.25, -0.2) is 0 Å². The molecule has 96 valence electrons. The van der Waals surface area contributed by atoms with Crippen LogP contribution in [0, 0.1) is 0 Å². The molecule has 0 fully saturated rings. The number of rotatable bonds is 8. The molecule has 0 bridgehead atoms. The maximum Gasteiger partial charge on any atom is 0.313 e. The number of carbonyl (C=O) groups is 1. The molecule has 0 spiro atoms. The molecule has 3 nitrogen and oxygen atoms in total. The van der Waals surface area contributed by atoms with Crippen molar-refractivity contribution in [1.29, 1.82) is 0 Å². The van der Waals surface area contributed by atoms with Crippen LogP contribution < -0.4 is 0 Å². The van der Waals surface area contributed by atoms with Gasteiger partial charge in [-0.15, -0.1) is 0 Å². The Labute approximate surface area is 103 Å². The molecule has 0 saturated carbocycles. The SMILES string of the molecule is CCCCCCc1ccoc1CC(=O)OCC. The Bertz CT molecular complexity index is 328. The summed E-state index contributed by atoms with van der Waals surface area (Å²) in [5, 5.41) is 0. The van der Waals surface area contributed by atoms with E-state index < -0.39 is 0 Å². The average molecular weight is 238 g/mol. The van der Waals surface area contributed by atoms with Crippen molar-refractivity contribution in [1.82, 2.24) is 0 Å². The first-order valence-electron chi connectivity index (χ1n) is 6.48. The highest BCUT2D eigenvalue weighted by Gasteiger charge is 2.11. The van der Waals surface area contributed by atoms with Crippen molar-refractivity contribution in [3.8, 4) is 0 Å². The van der Waals surface area contributed by atoms with Crippen molar-refractivity contribution in [3.63, 3.8) is 0 Å². The Morgan fingerprint density at radius 3 is 2.82 bits per heavy atom. The minimum Gasteiger partial charge on any atom is -0.468 e. The second-order valence-electron chi connectivity index (χ2n) is 4.16. The lowest BCUT2D eigenvalue weighted by atomic mass is 10.1. The van der Waals surface area contributed by atoms with Gasteiger partial charge < -0.3 is 9.15 Å². The van der Waals surface area contributed by atoms with E-state index in [9.17, 15) is 4.79 Å². The first-order chi connectivity index (χ1) is 8.27. The van der Waals surface area contributed by atoms with Gasteiger partial charge in [0.25, 0.3) is 0 Å². The molecule has 1 rings (SSSR count). The van der Waals surface area contributed by atoms with Crippen LogP contribution >= 0.6 is 0 Å². The van der Waals surface area contributed by atoms with Gasteiger partial charge >= 0.3 is 5.97 Å². The molecule has 0 amide bonds. The number of hydrogen-bond acceptors (Lipinski definition) is 3. The van der Waals surface area contributed by atoms with Gasteiger partial charge in [0.1, 0.15) is 12.2 Å². The summed E-state index contributed by atoms with van der Waals surface area (Å²) in [5.41, 5.74) is 1.15. The van der Waals surface area contributed by atoms with Crippen LogP contribution in [0.5, 0.6) is 0 Å². The molecule has 0 aliphatic carbocycles. The molecule has 1 heterocycles. The zero-order valence-electron chi connectivity index (χ0n) is 10.8. The monoisotopic (exact) mass is 238 g/mol. The first kappa shape index (κ1) is 13.8.